The molecule has 8 nitrogen and oxygen atoms in total. The first kappa shape index (κ1) is 16.4. The summed E-state index contributed by atoms with van der Waals surface area (Å²) >= 11 is 0. The molecule has 2 fully saturated rings. The van der Waals surface area contributed by atoms with E-state index < -0.39 is 0 Å². The van der Waals surface area contributed by atoms with Gasteiger partial charge in [-0.3, -0.25) is 9.58 Å². The number of nitrogens with one attached hydrogen (secondary N) is 2. The zero-order valence-corrected chi connectivity index (χ0v) is 14.7. The van der Waals surface area contributed by atoms with Crippen LogP contribution in [0.2, 0.25) is 0 Å². The van der Waals surface area contributed by atoms with Gasteiger partial charge in [-0.25, -0.2) is 9.59 Å². The van der Waals surface area contributed by atoms with Gasteiger partial charge in [0.1, 0.15) is 0 Å². The van der Waals surface area contributed by atoms with Crippen molar-refractivity contribution in [3.63, 3.8) is 0 Å². The molecule has 0 radical (unpaired) electrons. The molecule has 8 heteroatoms. The fraction of sp³-hybridized carbons (Fsp3) is 0.389. The Labute approximate surface area is 151 Å². The van der Waals surface area contributed by atoms with Crippen LogP contribution in [0.3, 0.4) is 0 Å². The van der Waals surface area contributed by atoms with Crippen LogP contribution in [-0.2, 0) is 0 Å². The lowest BCUT2D eigenvalue weighted by Gasteiger charge is -2.22. The Balaban J connectivity index is 1.46. The van der Waals surface area contributed by atoms with Gasteiger partial charge in [-0.1, -0.05) is 6.07 Å². The minimum Gasteiger partial charge on any atom is -0.336 e. The summed E-state index contributed by atoms with van der Waals surface area (Å²) in [6.45, 7) is 4.53. The van der Waals surface area contributed by atoms with E-state index in [9.17, 15) is 9.59 Å². The molecule has 2 saturated heterocycles. The summed E-state index contributed by atoms with van der Waals surface area (Å²) < 4.78 is 1.91. The third kappa shape index (κ3) is 2.98. The fourth-order valence-electron chi connectivity index (χ4n) is 3.59. The molecule has 2 aliphatic rings. The number of hydrogen-bond donors (Lipinski definition) is 2. The van der Waals surface area contributed by atoms with Crippen LogP contribution >= 0.6 is 0 Å². The number of hydrogen-bond acceptors (Lipinski definition) is 3. The number of carbonyl (C=O) groups is 2. The van der Waals surface area contributed by atoms with E-state index in [1.807, 2.05) is 42.1 Å². The second kappa shape index (κ2) is 6.70. The third-order valence-corrected chi connectivity index (χ3v) is 5.04. The van der Waals surface area contributed by atoms with E-state index in [0.717, 1.165) is 23.4 Å². The smallest absolute Gasteiger partial charge is 0.322 e. The van der Waals surface area contributed by atoms with Gasteiger partial charge in [0.25, 0.3) is 0 Å². The highest BCUT2D eigenvalue weighted by Gasteiger charge is 2.28. The molecule has 0 aliphatic carbocycles. The molecule has 3 heterocycles. The number of aromatic nitrogens is 2. The molecule has 2 N–H and O–H groups in total. The van der Waals surface area contributed by atoms with E-state index in [4.69, 9.17) is 0 Å². The molecule has 4 rings (SSSR count). The first-order valence-corrected chi connectivity index (χ1v) is 8.83. The summed E-state index contributed by atoms with van der Waals surface area (Å²) in [6.07, 6.45) is 4.58. The predicted molar refractivity (Wildman–Crippen MR) is 98.4 cm³/mol. The summed E-state index contributed by atoms with van der Waals surface area (Å²) in [4.78, 5) is 28.1. The Morgan fingerprint density at radius 2 is 2.19 bits per heavy atom. The van der Waals surface area contributed by atoms with Crippen molar-refractivity contribution in [3.05, 3.63) is 42.2 Å². The number of carbonyl (C=O) groups excluding carboxylic acids is 2. The lowest BCUT2D eigenvalue weighted by Crippen LogP contribution is -2.34. The Hall–Kier alpha value is -3.03. The molecule has 0 spiro atoms. The van der Waals surface area contributed by atoms with Crippen LogP contribution in [-0.4, -0.2) is 52.9 Å². The maximum atomic E-state index is 12.7. The Morgan fingerprint density at radius 3 is 2.92 bits per heavy atom. The van der Waals surface area contributed by atoms with Crippen LogP contribution < -0.4 is 15.5 Å². The number of anilines is 2. The van der Waals surface area contributed by atoms with Gasteiger partial charge < -0.3 is 15.5 Å². The number of likely N-dealkylation sites (tertiary alicyclic amines) is 1. The minimum atomic E-state index is -0.120. The van der Waals surface area contributed by atoms with Crippen LogP contribution in [0.25, 0.3) is 0 Å². The summed E-state index contributed by atoms with van der Waals surface area (Å²) in [5.74, 6) is 0. The number of urea groups is 2. The maximum absolute atomic E-state index is 12.7. The normalized spacial score (nSPS) is 19.7. The number of nitrogens with zero attached hydrogens (tertiary/aromatic N) is 4. The molecule has 1 unspecified atom stereocenters. The molecular formula is C18H22N6O2. The molecule has 2 aliphatic heterocycles. The molecule has 26 heavy (non-hydrogen) atoms. The van der Waals surface area contributed by atoms with Gasteiger partial charge >= 0.3 is 12.1 Å². The lowest BCUT2D eigenvalue weighted by atomic mass is 10.1. The third-order valence-electron chi connectivity index (χ3n) is 5.04. The largest absolute Gasteiger partial charge is 0.336 e. The van der Waals surface area contributed by atoms with Gasteiger partial charge in [-0.15, -0.1) is 0 Å². The second-order valence-electron chi connectivity index (χ2n) is 6.64. The zero-order chi connectivity index (χ0) is 18.1. The number of benzene rings is 1. The van der Waals surface area contributed by atoms with Crippen molar-refractivity contribution in [2.24, 2.45) is 0 Å². The standard InChI is InChI=1S/C18H22N6O2/c1-13-15(4-2-5-16(13)23-11-8-19-17(23)25)21-18(26)22-10-6-14(12-22)24-9-3-7-20-24/h2-5,7,9,14H,6,8,10-12H2,1H3,(H,19,25)(H,21,26). The fourth-order valence-corrected chi connectivity index (χ4v) is 3.59. The zero-order valence-electron chi connectivity index (χ0n) is 14.7. The topological polar surface area (TPSA) is 82.5 Å². The molecule has 1 aromatic heterocycles. The number of amides is 4. The van der Waals surface area contributed by atoms with Crippen LogP contribution in [0.4, 0.5) is 21.0 Å². The lowest BCUT2D eigenvalue weighted by molar-refractivity contribution is 0.220. The maximum Gasteiger partial charge on any atom is 0.322 e. The van der Waals surface area contributed by atoms with Gasteiger partial charge in [0, 0.05) is 44.3 Å². The van der Waals surface area contributed by atoms with E-state index in [0.29, 0.717) is 26.2 Å². The molecule has 4 amide bonds. The molecule has 0 saturated carbocycles. The van der Waals surface area contributed by atoms with Gasteiger partial charge in [-0.2, -0.15) is 5.10 Å². The van der Waals surface area contributed by atoms with E-state index in [2.05, 4.69) is 15.7 Å². The van der Waals surface area contributed by atoms with E-state index in [1.165, 1.54) is 0 Å². The van der Waals surface area contributed by atoms with Gasteiger partial charge in [0.05, 0.1) is 11.7 Å². The first-order valence-electron chi connectivity index (χ1n) is 8.83. The predicted octanol–water partition coefficient (Wildman–Crippen LogP) is 2.20. The average molecular weight is 354 g/mol. The van der Waals surface area contributed by atoms with Crippen molar-refractivity contribution >= 4 is 23.4 Å². The van der Waals surface area contributed by atoms with Crippen molar-refractivity contribution in [3.8, 4) is 0 Å². The minimum absolute atomic E-state index is 0.0989. The Morgan fingerprint density at radius 1 is 1.31 bits per heavy atom. The van der Waals surface area contributed by atoms with Crippen molar-refractivity contribution < 1.29 is 9.59 Å². The summed E-state index contributed by atoms with van der Waals surface area (Å²) in [7, 11) is 0. The molecule has 0 bridgehead atoms. The second-order valence-corrected chi connectivity index (χ2v) is 6.64. The van der Waals surface area contributed by atoms with E-state index in [1.54, 1.807) is 16.0 Å². The van der Waals surface area contributed by atoms with Gasteiger partial charge in [0.15, 0.2) is 0 Å². The molecular weight excluding hydrogens is 332 g/mol. The highest BCUT2D eigenvalue weighted by molar-refractivity contribution is 5.97. The summed E-state index contributed by atoms with van der Waals surface area (Å²) in [6, 6.07) is 7.53. The Kier molecular flexibility index (Phi) is 4.24. The number of rotatable bonds is 3. The van der Waals surface area contributed by atoms with Crippen LogP contribution in [0, 0.1) is 6.92 Å². The first-order chi connectivity index (χ1) is 12.6. The van der Waals surface area contributed by atoms with Crippen molar-refractivity contribution in [2.75, 3.05) is 36.4 Å². The molecule has 1 atom stereocenters. The Bertz CT molecular complexity index is 819. The monoisotopic (exact) mass is 354 g/mol. The van der Waals surface area contributed by atoms with Gasteiger partial charge in [-0.05, 0) is 37.1 Å². The molecule has 136 valence electrons. The summed E-state index contributed by atoms with van der Waals surface area (Å²) in [5, 5.41) is 10.1. The van der Waals surface area contributed by atoms with Crippen LogP contribution in [0.5, 0.6) is 0 Å². The molecule has 1 aromatic carbocycles. The highest BCUT2D eigenvalue weighted by atomic mass is 16.2. The van der Waals surface area contributed by atoms with Crippen molar-refractivity contribution in [1.29, 1.82) is 0 Å². The van der Waals surface area contributed by atoms with Crippen molar-refractivity contribution in [2.45, 2.75) is 19.4 Å². The van der Waals surface area contributed by atoms with E-state index >= 15 is 0 Å². The SMILES string of the molecule is Cc1c(NC(=O)N2CCC(n3cccn3)C2)cccc1N1CCNC1=O. The van der Waals surface area contributed by atoms with Crippen molar-refractivity contribution in [1.82, 2.24) is 20.0 Å². The quantitative estimate of drug-likeness (QED) is 0.886. The van der Waals surface area contributed by atoms with Crippen LogP contribution in [0.1, 0.15) is 18.0 Å². The summed E-state index contributed by atoms with van der Waals surface area (Å²) in [5.41, 5.74) is 2.45. The van der Waals surface area contributed by atoms with Crippen LogP contribution in [0.15, 0.2) is 36.7 Å². The highest BCUT2D eigenvalue weighted by Crippen LogP contribution is 2.29. The van der Waals surface area contributed by atoms with E-state index in [-0.39, 0.29) is 18.1 Å². The van der Waals surface area contributed by atoms with Gasteiger partial charge in [0.2, 0.25) is 0 Å². The molecule has 2 aromatic rings. The average Bonchev–Trinajstić information content (AvgIpc) is 3.37.